The van der Waals surface area contributed by atoms with Crippen molar-refractivity contribution in [2.24, 2.45) is 5.73 Å². The summed E-state index contributed by atoms with van der Waals surface area (Å²) >= 11 is 0. The number of rotatable bonds is 2. The molecule has 2 heteroatoms. The molecule has 0 aromatic heterocycles. The molecule has 2 N–H and O–H groups in total. The molecular weight excluding hydrogens is 196 g/mol. The molecule has 0 radical (unpaired) electrons. The van der Waals surface area contributed by atoms with Crippen LogP contribution >= 0.6 is 0 Å². The second kappa shape index (κ2) is 4.61. The van der Waals surface area contributed by atoms with Crippen molar-refractivity contribution in [3.8, 4) is 17.2 Å². The van der Waals surface area contributed by atoms with E-state index in [4.69, 9.17) is 11.0 Å². The van der Waals surface area contributed by atoms with Gasteiger partial charge >= 0.3 is 0 Å². The lowest BCUT2D eigenvalue weighted by molar-refractivity contribution is 1.07. The first-order valence-electron chi connectivity index (χ1n) is 5.13. The van der Waals surface area contributed by atoms with Crippen LogP contribution in [-0.2, 0) is 6.54 Å². The molecule has 0 bridgehead atoms. The van der Waals surface area contributed by atoms with E-state index in [0.29, 0.717) is 12.1 Å². The molecule has 0 aliphatic rings. The van der Waals surface area contributed by atoms with Crippen molar-refractivity contribution in [3.63, 3.8) is 0 Å². The molecule has 0 unspecified atom stereocenters. The van der Waals surface area contributed by atoms with Gasteiger partial charge in [-0.05, 0) is 28.8 Å². The van der Waals surface area contributed by atoms with E-state index in [9.17, 15) is 0 Å². The first-order chi connectivity index (χ1) is 7.83. The lowest BCUT2D eigenvalue weighted by Crippen LogP contribution is -1.95. The SMILES string of the molecule is N#Cc1cccc(-c2ccc(CN)cc2)c1. The van der Waals surface area contributed by atoms with Crippen molar-refractivity contribution >= 4 is 0 Å². The molecule has 0 aliphatic carbocycles. The molecule has 0 spiro atoms. The van der Waals surface area contributed by atoms with Crippen LogP contribution in [0.15, 0.2) is 48.5 Å². The molecule has 2 aromatic carbocycles. The summed E-state index contributed by atoms with van der Waals surface area (Å²) in [5, 5.41) is 8.82. The van der Waals surface area contributed by atoms with E-state index < -0.39 is 0 Å². The van der Waals surface area contributed by atoms with Crippen LogP contribution in [0, 0.1) is 11.3 Å². The Labute approximate surface area is 95.0 Å². The van der Waals surface area contributed by atoms with Crippen molar-refractivity contribution in [2.75, 3.05) is 0 Å². The minimum Gasteiger partial charge on any atom is -0.326 e. The first-order valence-corrected chi connectivity index (χ1v) is 5.13. The molecule has 0 aliphatic heterocycles. The molecule has 2 nitrogen and oxygen atoms in total. The fourth-order valence-corrected chi connectivity index (χ4v) is 1.60. The number of nitriles is 1. The molecule has 0 saturated heterocycles. The Bertz CT molecular complexity index is 521. The van der Waals surface area contributed by atoms with Crippen molar-refractivity contribution in [1.82, 2.24) is 0 Å². The summed E-state index contributed by atoms with van der Waals surface area (Å²) in [6.07, 6.45) is 0. The lowest BCUT2D eigenvalue weighted by atomic mass is 10.0. The quantitative estimate of drug-likeness (QED) is 0.824. The number of hydrogen-bond donors (Lipinski definition) is 1. The van der Waals surface area contributed by atoms with E-state index >= 15 is 0 Å². The highest BCUT2D eigenvalue weighted by Crippen LogP contribution is 2.20. The molecule has 0 saturated carbocycles. The second-order valence-corrected chi connectivity index (χ2v) is 3.59. The highest BCUT2D eigenvalue weighted by atomic mass is 14.5. The van der Waals surface area contributed by atoms with Crippen LogP contribution in [0.25, 0.3) is 11.1 Å². The predicted octanol–water partition coefficient (Wildman–Crippen LogP) is 2.68. The summed E-state index contributed by atoms with van der Waals surface area (Å²) in [6.45, 7) is 0.554. The third-order valence-corrected chi connectivity index (χ3v) is 2.51. The monoisotopic (exact) mass is 208 g/mol. The van der Waals surface area contributed by atoms with Crippen LogP contribution < -0.4 is 5.73 Å². The summed E-state index contributed by atoms with van der Waals surface area (Å²) < 4.78 is 0. The maximum atomic E-state index is 8.82. The van der Waals surface area contributed by atoms with Crippen molar-refractivity contribution in [2.45, 2.75) is 6.54 Å². The Morgan fingerprint density at radius 2 is 1.75 bits per heavy atom. The topological polar surface area (TPSA) is 49.8 Å². The zero-order valence-corrected chi connectivity index (χ0v) is 8.85. The fourth-order valence-electron chi connectivity index (χ4n) is 1.60. The average molecular weight is 208 g/mol. The number of nitrogens with two attached hydrogens (primary N) is 1. The van der Waals surface area contributed by atoms with Gasteiger partial charge in [0.05, 0.1) is 11.6 Å². The second-order valence-electron chi connectivity index (χ2n) is 3.59. The normalized spacial score (nSPS) is 9.75. The molecule has 0 amide bonds. The summed E-state index contributed by atoms with van der Waals surface area (Å²) in [5.41, 5.74) is 9.50. The number of hydrogen-bond acceptors (Lipinski definition) is 2. The Hall–Kier alpha value is -2.11. The van der Waals surface area contributed by atoms with Gasteiger partial charge in [0.15, 0.2) is 0 Å². The van der Waals surface area contributed by atoms with Crippen LogP contribution in [0.2, 0.25) is 0 Å². The maximum absolute atomic E-state index is 8.82. The van der Waals surface area contributed by atoms with Gasteiger partial charge in [-0.2, -0.15) is 5.26 Å². The molecule has 0 fully saturated rings. The minimum atomic E-state index is 0.554. The summed E-state index contributed by atoms with van der Waals surface area (Å²) in [6, 6.07) is 17.8. The van der Waals surface area contributed by atoms with Gasteiger partial charge < -0.3 is 5.73 Å². The van der Waals surface area contributed by atoms with Gasteiger partial charge in [-0.3, -0.25) is 0 Å². The molecule has 16 heavy (non-hydrogen) atoms. The van der Waals surface area contributed by atoms with Gasteiger partial charge in [0, 0.05) is 6.54 Å². The third-order valence-electron chi connectivity index (χ3n) is 2.51. The Morgan fingerprint density at radius 3 is 2.38 bits per heavy atom. The van der Waals surface area contributed by atoms with Gasteiger partial charge in [0.1, 0.15) is 0 Å². The van der Waals surface area contributed by atoms with Crippen LogP contribution in [0.4, 0.5) is 0 Å². The Kier molecular flexibility index (Phi) is 3.00. The van der Waals surface area contributed by atoms with Crippen LogP contribution in [0.1, 0.15) is 11.1 Å². The number of benzene rings is 2. The highest BCUT2D eigenvalue weighted by Gasteiger charge is 1.98. The zero-order valence-electron chi connectivity index (χ0n) is 8.85. The maximum Gasteiger partial charge on any atom is 0.0991 e. The summed E-state index contributed by atoms with van der Waals surface area (Å²) in [7, 11) is 0. The lowest BCUT2D eigenvalue weighted by Gasteiger charge is -2.03. The van der Waals surface area contributed by atoms with E-state index in [1.165, 1.54) is 0 Å². The Morgan fingerprint density at radius 1 is 1.00 bits per heavy atom. The third kappa shape index (κ3) is 2.10. The van der Waals surface area contributed by atoms with Crippen LogP contribution in [0.3, 0.4) is 0 Å². The van der Waals surface area contributed by atoms with Gasteiger partial charge in [-0.1, -0.05) is 36.4 Å². The number of nitrogens with zero attached hydrogens (tertiary/aromatic N) is 1. The van der Waals surface area contributed by atoms with Gasteiger partial charge in [-0.25, -0.2) is 0 Å². The van der Waals surface area contributed by atoms with E-state index in [-0.39, 0.29) is 0 Å². The molecule has 0 heterocycles. The fraction of sp³-hybridized carbons (Fsp3) is 0.0714. The standard InChI is InChI=1S/C14H12N2/c15-9-11-4-6-13(7-5-11)14-3-1-2-12(8-14)10-16/h1-8H,9,15H2. The van der Waals surface area contributed by atoms with Gasteiger partial charge in [-0.15, -0.1) is 0 Å². The van der Waals surface area contributed by atoms with E-state index in [2.05, 4.69) is 6.07 Å². The minimum absolute atomic E-state index is 0.554. The zero-order chi connectivity index (χ0) is 11.4. The molecular formula is C14H12N2. The van der Waals surface area contributed by atoms with Gasteiger partial charge in [0.2, 0.25) is 0 Å². The first kappa shape index (κ1) is 10.4. The predicted molar refractivity (Wildman–Crippen MR) is 64.5 cm³/mol. The summed E-state index contributed by atoms with van der Waals surface area (Å²) in [4.78, 5) is 0. The van der Waals surface area contributed by atoms with Gasteiger partial charge in [0.25, 0.3) is 0 Å². The van der Waals surface area contributed by atoms with Crippen LogP contribution in [0.5, 0.6) is 0 Å². The van der Waals surface area contributed by atoms with Crippen molar-refractivity contribution < 1.29 is 0 Å². The molecule has 2 rings (SSSR count). The summed E-state index contributed by atoms with van der Waals surface area (Å²) in [5.74, 6) is 0. The van der Waals surface area contributed by atoms with E-state index in [0.717, 1.165) is 16.7 Å². The average Bonchev–Trinajstić information content (AvgIpc) is 2.39. The largest absolute Gasteiger partial charge is 0.326 e. The van der Waals surface area contributed by atoms with E-state index in [1.54, 1.807) is 6.07 Å². The highest BCUT2D eigenvalue weighted by molar-refractivity contribution is 5.65. The van der Waals surface area contributed by atoms with Crippen molar-refractivity contribution in [3.05, 3.63) is 59.7 Å². The molecule has 2 aromatic rings. The Balaban J connectivity index is 2.39. The van der Waals surface area contributed by atoms with Crippen molar-refractivity contribution in [1.29, 1.82) is 5.26 Å². The smallest absolute Gasteiger partial charge is 0.0991 e. The molecule has 78 valence electrons. The van der Waals surface area contributed by atoms with E-state index in [1.807, 2.05) is 42.5 Å². The molecule has 0 atom stereocenters. The van der Waals surface area contributed by atoms with Crippen LogP contribution in [-0.4, -0.2) is 0 Å².